The summed E-state index contributed by atoms with van der Waals surface area (Å²) in [5.74, 6) is 0. The molecule has 0 radical (unpaired) electrons. The van der Waals surface area contributed by atoms with Crippen LogP contribution in [0.1, 0.15) is 0 Å². The van der Waals surface area contributed by atoms with Crippen molar-refractivity contribution in [1.82, 2.24) is 4.98 Å². The smallest absolute Gasteiger partial charge is 0.0701 e. The largest absolute Gasteiger partial charge is 0.256 e. The zero-order chi connectivity index (χ0) is 11.3. The number of para-hydroxylation sites is 1. The molecule has 0 aliphatic rings. The summed E-state index contributed by atoms with van der Waals surface area (Å²) in [6.07, 6.45) is 1.81. The molecule has 0 fully saturated rings. The summed E-state index contributed by atoms with van der Waals surface area (Å²) in [6, 6.07) is 12.1. The minimum absolute atomic E-state index is 0. The Hall–Kier alpha value is 0.0964. The van der Waals surface area contributed by atoms with Crippen molar-refractivity contribution >= 4 is 72.7 Å². The van der Waals surface area contributed by atoms with E-state index >= 15 is 0 Å². The number of hydrogen-bond donors (Lipinski definition) is 2. The van der Waals surface area contributed by atoms with Crippen LogP contribution < -0.4 is 0 Å². The van der Waals surface area contributed by atoms with Crippen molar-refractivity contribution in [3.05, 3.63) is 42.6 Å². The number of benzene rings is 1. The Morgan fingerprint density at radius 1 is 1.00 bits per heavy atom. The third-order valence-corrected chi connectivity index (χ3v) is 1.51. The maximum absolute atomic E-state index is 8.74. The van der Waals surface area contributed by atoms with E-state index in [1.807, 2.05) is 30.5 Å². The molecule has 0 aliphatic carbocycles. The molecular formula is C9H12KNO5S. The van der Waals surface area contributed by atoms with Crippen LogP contribution in [-0.2, 0) is 10.4 Å². The summed E-state index contributed by atoms with van der Waals surface area (Å²) in [4.78, 5) is 4.18. The van der Waals surface area contributed by atoms with Crippen LogP contribution in [0.5, 0.6) is 0 Å². The van der Waals surface area contributed by atoms with Crippen molar-refractivity contribution < 1.29 is 23.0 Å². The Morgan fingerprint density at radius 3 is 2.00 bits per heavy atom. The van der Waals surface area contributed by atoms with E-state index in [0.717, 1.165) is 5.52 Å². The van der Waals surface area contributed by atoms with Gasteiger partial charge in [0.1, 0.15) is 0 Å². The molecule has 1 aromatic heterocycles. The number of aromatic nitrogens is 1. The second-order valence-electron chi connectivity index (χ2n) is 2.64. The van der Waals surface area contributed by atoms with Gasteiger partial charge in [0.2, 0.25) is 0 Å². The fourth-order valence-electron chi connectivity index (χ4n) is 1.02. The van der Waals surface area contributed by atoms with Gasteiger partial charge in [0.05, 0.1) is 5.52 Å². The summed E-state index contributed by atoms with van der Waals surface area (Å²) in [5, 5.41) is 1.20. The Morgan fingerprint density at radius 2 is 1.47 bits per heavy atom. The molecule has 2 aromatic rings. The Balaban J connectivity index is 0. The number of nitrogens with zero attached hydrogens (tertiary/aromatic N) is 1. The van der Waals surface area contributed by atoms with Crippen LogP contribution >= 0.6 is 0 Å². The first-order valence-corrected chi connectivity index (χ1v) is 5.36. The Kier molecular flexibility index (Phi) is 10.4. The van der Waals surface area contributed by atoms with Crippen LogP contribution in [0.4, 0.5) is 0 Å². The summed E-state index contributed by atoms with van der Waals surface area (Å²) >= 11 is 0. The van der Waals surface area contributed by atoms with Gasteiger partial charge in [0, 0.05) is 11.6 Å². The van der Waals surface area contributed by atoms with Gasteiger partial charge in [-0.2, -0.15) is 8.42 Å². The van der Waals surface area contributed by atoms with Crippen molar-refractivity contribution in [3.63, 3.8) is 0 Å². The average molecular weight is 285 g/mol. The SMILES string of the molecule is O.O=S(=O)(O)O.[KH].c1ccc2ncccc2c1. The van der Waals surface area contributed by atoms with Gasteiger partial charge in [-0.1, -0.05) is 24.3 Å². The molecule has 4 N–H and O–H groups in total. The van der Waals surface area contributed by atoms with E-state index in [4.69, 9.17) is 17.5 Å². The molecule has 0 atom stereocenters. The predicted octanol–water partition coefficient (Wildman–Crippen LogP) is 0.109. The van der Waals surface area contributed by atoms with Gasteiger partial charge in [-0.25, -0.2) is 0 Å². The van der Waals surface area contributed by atoms with Gasteiger partial charge in [-0.05, 0) is 12.1 Å². The molecule has 8 heteroatoms. The summed E-state index contributed by atoms with van der Waals surface area (Å²) in [6.45, 7) is 0. The maximum atomic E-state index is 8.74. The van der Waals surface area contributed by atoms with Gasteiger partial charge < -0.3 is 5.48 Å². The second kappa shape index (κ2) is 9.08. The zero-order valence-corrected chi connectivity index (χ0v) is 8.92. The molecular weight excluding hydrogens is 273 g/mol. The predicted molar refractivity (Wildman–Crippen MR) is 66.7 cm³/mol. The van der Waals surface area contributed by atoms with E-state index in [0.29, 0.717) is 0 Å². The summed E-state index contributed by atoms with van der Waals surface area (Å²) in [5.41, 5.74) is 1.06. The van der Waals surface area contributed by atoms with Crippen molar-refractivity contribution in [2.24, 2.45) is 0 Å². The number of rotatable bonds is 0. The first-order valence-electron chi connectivity index (χ1n) is 3.96. The standard InChI is InChI=1S/C9H7N.K.H2O4S.H2O.H/c1-2-6-9-8(4-1)5-3-7-10-9;;1-5(2,3)4;;/h1-7H;;(H2,1,2,3,4);1H2;. The summed E-state index contributed by atoms with van der Waals surface area (Å²) < 4.78 is 31.6. The topological polar surface area (TPSA) is 119 Å². The molecule has 0 unspecified atom stereocenters. The molecule has 0 saturated heterocycles. The Bertz CT molecular complexity index is 472. The molecule has 1 aromatic carbocycles. The van der Waals surface area contributed by atoms with Crippen LogP contribution in [0.3, 0.4) is 0 Å². The van der Waals surface area contributed by atoms with Gasteiger partial charge in [-0.15, -0.1) is 0 Å². The van der Waals surface area contributed by atoms with Crippen molar-refractivity contribution in [1.29, 1.82) is 0 Å². The van der Waals surface area contributed by atoms with E-state index < -0.39 is 10.4 Å². The summed E-state index contributed by atoms with van der Waals surface area (Å²) in [7, 11) is -4.67. The minimum atomic E-state index is -4.67. The monoisotopic (exact) mass is 285 g/mol. The van der Waals surface area contributed by atoms with Crippen LogP contribution in [0.2, 0.25) is 0 Å². The molecule has 0 aliphatic heterocycles. The second-order valence-corrected chi connectivity index (χ2v) is 3.54. The fraction of sp³-hybridized carbons (Fsp3) is 0. The van der Waals surface area contributed by atoms with Crippen LogP contribution in [0.15, 0.2) is 42.6 Å². The van der Waals surface area contributed by atoms with Gasteiger partial charge >= 0.3 is 61.8 Å². The van der Waals surface area contributed by atoms with Crippen molar-refractivity contribution in [3.8, 4) is 0 Å². The first kappa shape index (κ1) is 19.4. The normalized spacial score (nSPS) is 9.29. The molecule has 2 rings (SSSR count). The van der Waals surface area contributed by atoms with Crippen LogP contribution in [0.25, 0.3) is 10.9 Å². The van der Waals surface area contributed by atoms with E-state index in [2.05, 4.69) is 17.1 Å². The fourth-order valence-corrected chi connectivity index (χ4v) is 1.02. The van der Waals surface area contributed by atoms with E-state index in [9.17, 15) is 0 Å². The average Bonchev–Trinajstić information content (AvgIpc) is 2.16. The third kappa shape index (κ3) is 9.77. The molecule has 0 saturated carbocycles. The van der Waals surface area contributed by atoms with Gasteiger partial charge in [0.25, 0.3) is 0 Å². The number of fused-ring (bicyclic) bond motifs is 1. The van der Waals surface area contributed by atoms with Gasteiger partial charge in [0.15, 0.2) is 0 Å². The molecule has 0 spiro atoms. The van der Waals surface area contributed by atoms with Gasteiger partial charge in [-0.3, -0.25) is 14.1 Å². The minimum Gasteiger partial charge on any atom is -0.256 e. The molecule has 6 nitrogen and oxygen atoms in total. The maximum Gasteiger partial charge on any atom is 0.0701 e. The van der Waals surface area contributed by atoms with Crippen LogP contribution in [0, 0.1) is 0 Å². The van der Waals surface area contributed by atoms with E-state index in [1.54, 1.807) is 0 Å². The van der Waals surface area contributed by atoms with Crippen molar-refractivity contribution in [2.75, 3.05) is 0 Å². The number of hydrogen-bond acceptors (Lipinski definition) is 3. The molecule has 17 heavy (non-hydrogen) atoms. The molecule has 0 bridgehead atoms. The molecule has 1 heterocycles. The zero-order valence-electron chi connectivity index (χ0n) is 8.11. The third-order valence-electron chi connectivity index (χ3n) is 1.51. The van der Waals surface area contributed by atoms with Crippen LogP contribution in [-0.4, -0.2) is 79.4 Å². The molecule has 0 amide bonds. The molecule has 90 valence electrons. The Labute approximate surface area is 141 Å². The quantitative estimate of drug-likeness (QED) is 0.526. The van der Waals surface area contributed by atoms with Crippen molar-refractivity contribution in [2.45, 2.75) is 0 Å². The van der Waals surface area contributed by atoms with E-state index in [-0.39, 0.29) is 56.9 Å². The van der Waals surface area contributed by atoms with E-state index in [1.165, 1.54) is 5.39 Å². The first-order chi connectivity index (χ1) is 6.97. The number of pyridine rings is 1.